The molecular weight excluding hydrogens is 352 g/mol. The number of nitrogens with zero attached hydrogens (tertiary/aromatic N) is 1. The van der Waals surface area contributed by atoms with E-state index in [2.05, 4.69) is 35.9 Å². The second kappa shape index (κ2) is 11.7. The minimum absolute atomic E-state index is 0.310. The Labute approximate surface area is 167 Å². The van der Waals surface area contributed by atoms with E-state index in [9.17, 15) is 4.79 Å². The van der Waals surface area contributed by atoms with Crippen molar-refractivity contribution in [3.05, 3.63) is 59.7 Å². The first-order valence-electron chi connectivity index (χ1n) is 9.52. The van der Waals surface area contributed by atoms with Crippen molar-refractivity contribution >= 4 is 5.91 Å². The summed E-state index contributed by atoms with van der Waals surface area (Å²) in [5, 5.41) is 2.80. The van der Waals surface area contributed by atoms with Gasteiger partial charge in [-0.05, 0) is 55.1 Å². The van der Waals surface area contributed by atoms with Crippen LogP contribution in [0.1, 0.15) is 25.0 Å². The summed E-state index contributed by atoms with van der Waals surface area (Å²) in [5.41, 5.74) is 1.76. The number of likely N-dealkylation sites (N-methyl/N-ethyl adjacent to an activating group) is 1. The van der Waals surface area contributed by atoms with E-state index < -0.39 is 0 Å². The minimum Gasteiger partial charge on any atom is -0.497 e. The first kappa shape index (κ1) is 21.3. The molecule has 0 atom stereocenters. The highest BCUT2D eigenvalue weighted by atomic mass is 16.5. The molecule has 28 heavy (non-hydrogen) atoms. The Bertz CT molecular complexity index is 785. The van der Waals surface area contributed by atoms with E-state index in [1.165, 1.54) is 0 Å². The lowest BCUT2D eigenvalue weighted by molar-refractivity contribution is -0.115. The number of amides is 1. The Morgan fingerprint density at radius 1 is 1.00 bits per heavy atom. The maximum Gasteiger partial charge on any atom is 0.296 e. The van der Waals surface area contributed by atoms with Crippen molar-refractivity contribution in [3.8, 4) is 23.3 Å². The molecule has 5 nitrogen and oxygen atoms in total. The fourth-order valence-electron chi connectivity index (χ4n) is 2.57. The smallest absolute Gasteiger partial charge is 0.296 e. The van der Waals surface area contributed by atoms with E-state index in [0.29, 0.717) is 13.2 Å². The van der Waals surface area contributed by atoms with Crippen LogP contribution >= 0.6 is 0 Å². The Hall–Kier alpha value is -2.97. The van der Waals surface area contributed by atoms with Gasteiger partial charge in [-0.15, -0.1) is 0 Å². The number of rotatable bonds is 9. The molecule has 0 saturated heterocycles. The normalized spacial score (nSPS) is 10.1. The summed E-state index contributed by atoms with van der Waals surface area (Å²) in [6.45, 7) is 8.36. The lowest BCUT2D eigenvalue weighted by Gasteiger charge is -2.18. The highest BCUT2D eigenvalue weighted by molar-refractivity contribution is 5.94. The molecule has 0 aliphatic rings. The van der Waals surface area contributed by atoms with E-state index in [-0.39, 0.29) is 5.91 Å². The number of carbonyl (C=O) groups is 1. The third-order valence-corrected chi connectivity index (χ3v) is 4.36. The lowest BCUT2D eigenvalue weighted by atomic mass is 10.2. The summed E-state index contributed by atoms with van der Waals surface area (Å²) in [6, 6.07) is 15.0. The average molecular weight is 380 g/mol. The van der Waals surface area contributed by atoms with Gasteiger partial charge in [0.25, 0.3) is 5.91 Å². The van der Waals surface area contributed by atoms with Gasteiger partial charge in [0.2, 0.25) is 0 Å². The number of carbonyl (C=O) groups excluding carboxylic acids is 1. The second-order valence-electron chi connectivity index (χ2n) is 6.18. The molecule has 0 heterocycles. The molecule has 2 aromatic rings. The Morgan fingerprint density at radius 3 is 2.25 bits per heavy atom. The molecule has 0 aliphatic carbocycles. The van der Waals surface area contributed by atoms with Crippen LogP contribution in [0.25, 0.3) is 0 Å². The molecule has 2 rings (SSSR count). The third-order valence-electron chi connectivity index (χ3n) is 4.36. The largest absolute Gasteiger partial charge is 0.497 e. The van der Waals surface area contributed by atoms with Crippen molar-refractivity contribution in [2.45, 2.75) is 20.4 Å². The van der Waals surface area contributed by atoms with E-state index in [1.807, 2.05) is 48.5 Å². The summed E-state index contributed by atoms with van der Waals surface area (Å²) >= 11 is 0. The number of benzene rings is 2. The lowest BCUT2D eigenvalue weighted by Crippen LogP contribution is -2.27. The number of methoxy groups -OCH3 is 1. The van der Waals surface area contributed by atoms with Crippen LogP contribution in [0.2, 0.25) is 0 Å². The predicted molar refractivity (Wildman–Crippen MR) is 111 cm³/mol. The highest BCUT2D eigenvalue weighted by Gasteiger charge is 2.01. The van der Waals surface area contributed by atoms with Gasteiger partial charge in [-0.25, -0.2) is 0 Å². The topological polar surface area (TPSA) is 50.8 Å². The zero-order chi connectivity index (χ0) is 20.2. The van der Waals surface area contributed by atoms with Crippen molar-refractivity contribution in [1.82, 2.24) is 10.2 Å². The first-order chi connectivity index (χ1) is 13.6. The van der Waals surface area contributed by atoms with Crippen molar-refractivity contribution in [3.63, 3.8) is 0 Å². The predicted octanol–water partition coefficient (Wildman–Crippen LogP) is 3.08. The fraction of sp³-hybridized carbons (Fsp3) is 0.348. The van der Waals surface area contributed by atoms with E-state index in [0.717, 1.165) is 42.3 Å². The molecule has 0 bridgehead atoms. The maximum absolute atomic E-state index is 11.9. The first-order valence-corrected chi connectivity index (χ1v) is 9.52. The standard InChI is InChI=1S/C23H28N2O3/c1-4-25(5-2)16-17-28-22-13-8-20(9-14-22)18-24-23(26)15-10-19-6-11-21(27-3)12-7-19/h6-9,11-14H,4-5,16-18H2,1-3H3,(H,24,26). The van der Waals surface area contributed by atoms with Crippen LogP contribution in [-0.4, -0.2) is 44.2 Å². The van der Waals surface area contributed by atoms with Gasteiger partial charge in [0, 0.05) is 24.6 Å². The Morgan fingerprint density at radius 2 is 1.64 bits per heavy atom. The Balaban J connectivity index is 1.76. The van der Waals surface area contributed by atoms with Crippen molar-refractivity contribution in [2.75, 3.05) is 33.4 Å². The minimum atomic E-state index is -0.310. The van der Waals surface area contributed by atoms with Crippen LogP contribution < -0.4 is 14.8 Å². The van der Waals surface area contributed by atoms with Gasteiger partial charge >= 0.3 is 0 Å². The molecule has 0 radical (unpaired) electrons. The average Bonchev–Trinajstić information content (AvgIpc) is 2.75. The van der Waals surface area contributed by atoms with Gasteiger partial charge in [0.1, 0.15) is 18.1 Å². The molecule has 2 aromatic carbocycles. The maximum atomic E-state index is 11.9. The van der Waals surface area contributed by atoms with Crippen LogP contribution in [0.4, 0.5) is 0 Å². The summed E-state index contributed by atoms with van der Waals surface area (Å²) in [6.07, 6.45) is 0. The second-order valence-corrected chi connectivity index (χ2v) is 6.18. The molecule has 1 amide bonds. The van der Waals surface area contributed by atoms with Gasteiger partial charge < -0.3 is 19.7 Å². The summed E-state index contributed by atoms with van der Waals surface area (Å²) in [4.78, 5) is 14.2. The zero-order valence-electron chi connectivity index (χ0n) is 16.8. The van der Waals surface area contributed by atoms with Gasteiger partial charge in [0.15, 0.2) is 0 Å². The van der Waals surface area contributed by atoms with Crippen LogP contribution in [0.5, 0.6) is 11.5 Å². The zero-order valence-corrected chi connectivity index (χ0v) is 16.8. The molecule has 0 saturated carbocycles. The molecule has 0 aromatic heterocycles. The van der Waals surface area contributed by atoms with Crippen molar-refractivity contribution < 1.29 is 14.3 Å². The fourth-order valence-corrected chi connectivity index (χ4v) is 2.57. The Kier molecular flexibility index (Phi) is 8.90. The summed E-state index contributed by atoms with van der Waals surface area (Å²) in [7, 11) is 1.61. The number of hydrogen-bond donors (Lipinski definition) is 1. The summed E-state index contributed by atoms with van der Waals surface area (Å²) in [5.74, 6) is 6.72. The molecule has 148 valence electrons. The van der Waals surface area contributed by atoms with Crippen molar-refractivity contribution in [2.24, 2.45) is 0 Å². The van der Waals surface area contributed by atoms with Gasteiger partial charge in [-0.1, -0.05) is 31.9 Å². The van der Waals surface area contributed by atoms with E-state index in [4.69, 9.17) is 9.47 Å². The number of nitrogens with one attached hydrogen (secondary N) is 1. The SMILES string of the molecule is CCN(CC)CCOc1ccc(CNC(=O)C#Cc2ccc(OC)cc2)cc1. The molecule has 1 N–H and O–H groups in total. The third kappa shape index (κ3) is 7.34. The van der Waals surface area contributed by atoms with Gasteiger partial charge in [0.05, 0.1) is 7.11 Å². The van der Waals surface area contributed by atoms with Crippen molar-refractivity contribution in [1.29, 1.82) is 0 Å². The number of ether oxygens (including phenoxy) is 2. The molecule has 0 aliphatic heterocycles. The quantitative estimate of drug-likeness (QED) is 0.680. The molecule has 0 unspecified atom stereocenters. The van der Waals surface area contributed by atoms with Crippen LogP contribution in [-0.2, 0) is 11.3 Å². The molecule has 5 heteroatoms. The van der Waals surface area contributed by atoms with E-state index in [1.54, 1.807) is 7.11 Å². The van der Waals surface area contributed by atoms with Crippen LogP contribution in [0.15, 0.2) is 48.5 Å². The van der Waals surface area contributed by atoms with Crippen LogP contribution in [0.3, 0.4) is 0 Å². The molecular formula is C23H28N2O3. The van der Waals surface area contributed by atoms with E-state index >= 15 is 0 Å². The number of hydrogen-bond acceptors (Lipinski definition) is 4. The van der Waals surface area contributed by atoms with Gasteiger partial charge in [-0.3, -0.25) is 4.79 Å². The molecule has 0 spiro atoms. The summed E-state index contributed by atoms with van der Waals surface area (Å²) < 4.78 is 10.9. The van der Waals surface area contributed by atoms with Gasteiger partial charge in [-0.2, -0.15) is 0 Å². The molecule has 0 fully saturated rings. The monoisotopic (exact) mass is 380 g/mol. The highest BCUT2D eigenvalue weighted by Crippen LogP contribution is 2.12. The van der Waals surface area contributed by atoms with Crippen LogP contribution in [0, 0.1) is 11.8 Å².